The zero-order valence-electron chi connectivity index (χ0n) is 8.24. The number of hydrogen-bond acceptors (Lipinski definition) is 4. The molecule has 0 radical (unpaired) electrons. The van der Waals surface area contributed by atoms with Crippen LogP contribution in [0.15, 0.2) is 18.2 Å². The summed E-state index contributed by atoms with van der Waals surface area (Å²) in [5.41, 5.74) is -0.583. The fourth-order valence-electron chi connectivity index (χ4n) is 1.07. The molecule has 0 aliphatic carbocycles. The third kappa shape index (κ3) is 2.12. The zero-order chi connectivity index (χ0) is 11.4. The lowest BCUT2D eigenvalue weighted by atomic mass is 10.1. The number of methoxy groups -OCH3 is 2. The fraction of sp³-hybridized carbons (Fsp3) is 0.200. The van der Waals surface area contributed by atoms with E-state index >= 15 is 0 Å². The number of ether oxygens (including phenoxy) is 2. The van der Waals surface area contributed by atoms with Gasteiger partial charge >= 0.3 is 11.9 Å². The van der Waals surface area contributed by atoms with Crippen LogP contribution in [0.4, 0.5) is 4.39 Å². The minimum atomic E-state index is -0.934. The van der Waals surface area contributed by atoms with E-state index in [0.29, 0.717) is 0 Å². The molecule has 0 saturated carbocycles. The molecule has 0 bridgehead atoms. The quantitative estimate of drug-likeness (QED) is 0.695. The van der Waals surface area contributed by atoms with Crippen molar-refractivity contribution >= 4 is 11.9 Å². The molecule has 0 heterocycles. The van der Waals surface area contributed by atoms with Crippen LogP contribution in [0.1, 0.15) is 20.7 Å². The Hall–Kier alpha value is -1.91. The standard InChI is InChI=1S/C10H9FO4/c1-14-9(12)6-4-3-5-7(8(6)11)10(13)15-2/h3-5H,1-2H3. The maximum absolute atomic E-state index is 13.5. The van der Waals surface area contributed by atoms with E-state index in [9.17, 15) is 14.0 Å². The lowest BCUT2D eigenvalue weighted by Gasteiger charge is -2.04. The van der Waals surface area contributed by atoms with Crippen molar-refractivity contribution in [3.8, 4) is 0 Å². The molecule has 0 N–H and O–H groups in total. The second-order valence-electron chi connectivity index (χ2n) is 2.65. The van der Waals surface area contributed by atoms with E-state index in [1.54, 1.807) is 0 Å². The number of carbonyl (C=O) groups excluding carboxylic acids is 2. The van der Waals surface area contributed by atoms with Crippen LogP contribution in [0.5, 0.6) is 0 Å². The number of hydrogen-bond donors (Lipinski definition) is 0. The van der Waals surface area contributed by atoms with Crippen LogP contribution < -0.4 is 0 Å². The van der Waals surface area contributed by atoms with Crippen LogP contribution >= 0.6 is 0 Å². The summed E-state index contributed by atoms with van der Waals surface area (Å²) in [4.78, 5) is 22.2. The molecule has 80 valence electrons. The molecule has 15 heavy (non-hydrogen) atoms. The van der Waals surface area contributed by atoms with Gasteiger partial charge in [0.05, 0.1) is 25.3 Å². The summed E-state index contributed by atoms with van der Waals surface area (Å²) >= 11 is 0. The topological polar surface area (TPSA) is 52.6 Å². The van der Waals surface area contributed by atoms with E-state index < -0.39 is 17.8 Å². The molecule has 0 unspecified atom stereocenters. The predicted octanol–water partition coefficient (Wildman–Crippen LogP) is 1.40. The molecule has 1 aromatic rings. The van der Waals surface area contributed by atoms with E-state index in [-0.39, 0.29) is 11.1 Å². The molecule has 0 aliphatic rings. The van der Waals surface area contributed by atoms with E-state index in [0.717, 1.165) is 14.2 Å². The summed E-state index contributed by atoms with van der Waals surface area (Å²) in [5.74, 6) is -2.60. The lowest BCUT2D eigenvalue weighted by molar-refractivity contribution is 0.0589. The highest BCUT2D eigenvalue weighted by atomic mass is 19.1. The first-order valence-corrected chi connectivity index (χ1v) is 4.07. The fourth-order valence-corrected chi connectivity index (χ4v) is 1.07. The molecule has 0 spiro atoms. The molecule has 0 atom stereocenters. The molecule has 0 aromatic heterocycles. The van der Waals surface area contributed by atoms with Gasteiger partial charge in [0, 0.05) is 0 Å². The molecular weight excluding hydrogens is 203 g/mol. The van der Waals surface area contributed by atoms with Crippen molar-refractivity contribution < 1.29 is 23.5 Å². The highest BCUT2D eigenvalue weighted by Crippen LogP contribution is 2.14. The van der Waals surface area contributed by atoms with Crippen molar-refractivity contribution in [1.29, 1.82) is 0 Å². The van der Waals surface area contributed by atoms with Crippen LogP contribution in [0.2, 0.25) is 0 Å². The molecule has 0 aliphatic heterocycles. The van der Waals surface area contributed by atoms with Gasteiger partial charge in [-0.2, -0.15) is 0 Å². The number of halogens is 1. The Balaban J connectivity index is 3.23. The first kappa shape index (κ1) is 11.2. The number of esters is 2. The maximum Gasteiger partial charge on any atom is 0.340 e. The van der Waals surface area contributed by atoms with Gasteiger partial charge in [-0.1, -0.05) is 6.07 Å². The molecular formula is C10H9FO4. The maximum atomic E-state index is 13.5. The Morgan fingerprint density at radius 2 is 1.47 bits per heavy atom. The molecule has 5 heteroatoms. The first-order valence-electron chi connectivity index (χ1n) is 4.07. The predicted molar refractivity (Wildman–Crippen MR) is 49.1 cm³/mol. The second-order valence-corrected chi connectivity index (χ2v) is 2.65. The third-order valence-electron chi connectivity index (χ3n) is 1.81. The molecule has 0 amide bonds. The largest absolute Gasteiger partial charge is 0.465 e. The third-order valence-corrected chi connectivity index (χ3v) is 1.81. The average Bonchev–Trinajstić information content (AvgIpc) is 2.27. The van der Waals surface area contributed by atoms with Crippen molar-refractivity contribution in [3.63, 3.8) is 0 Å². The van der Waals surface area contributed by atoms with Gasteiger partial charge in [-0.15, -0.1) is 0 Å². The second kappa shape index (κ2) is 4.54. The van der Waals surface area contributed by atoms with Crippen LogP contribution in [0.3, 0.4) is 0 Å². The molecule has 4 nitrogen and oxygen atoms in total. The number of benzene rings is 1. The zero-order valence-corrected chi connectivity index (χ0v) is 8.24. The summed E-state index contributed by atoms with van der Waals surface area (Å²) < 4.78 is 22.3. The summed E-state index contributed by atoms with van der Waals surface area (Å²) in [7, 11) is 2.26. The Labute approximate surface area is 85.6 Å². The summed E-state index contributed by atoms with van der Waals surface area (Å²) in [6.07, 6.45) is 0. The van der Waals surface area contributed by atoms with E-state index in [1.807, 2.05) is 0 Å². The van der Waals surface area contributed by atoms with Gasteiger partial charge in [-0.25, -0.2) is 14.0 Å². The Morgan fingerprint density at radius 1 is 1.07 bits per heavy atom. The molecule has 1 aromatic carbocycles. The summed E-state index contributed by atoms with van der Waals surface area (Å²) in [6, 6.07) is 3.84. The van der Waals surface area contributed by atoms with E-state index in [1.165, 1.54) is 18.2 Å². The van der Waals surface area contributed by atoms with Gasteiger partial charge in [0.2, 0.25) is 0 Å². The summed E-state index contributed by atoms with van der Waals surface area (Å²) in [6.45, 7) is 0. The van der Waals surface area contributed by atoms with E-state index in [4.69, 9.17) is 0 Å². The minimum absolute atomic E-state index is 0.291. The van der Waals surface area contributed by atoms with Crippen molar-refractivity contribution in [2.45, 2.75) is 0 Å². The normalized spacial score (nSPS) is 9.53. The van der Waals surface area contributed by atoms with Crippen LogP contribution in [-0.4, -0.2) is 26.2 Å². The molecule has 0 saturated heterocycles. The van der Waals surface area contributed by atoms with Gasteiger partial charge in [-0.3, -0.25) is 0 Å². The van der Waals surface area contributed by atoms with Gasteiger partial charge in [0.15, 0.2) is 5.82 Å². The van der Waals surface area contributed by atoms with Gasteiger partial charge in [0.25, 0.3) is 0 Å². The van der Waals surface area contributed by atoms with Crippen molar-refractivity contribution in [2.75, 3.05) is 14.2 Å². The van der Waals surface area contributed by atoms with Crippen LogP contribution in [0, 0.1) is 5.82 Å². The van der Waals surface area contributed by atoms with Gasteiger partial charge in [-0.05, 0) is 12.1 Å². The summed E-state index contributed by atoms with van der Waals surface area (Å²) in [5, 5.41) is 0. The van der Waals surface area contributed by atoms with Gasteiger partial charge < -0.3 is 9.47 Å². The molecule has 1 rings (SSSR count). The number of rotatable bonds is 2. The van der Waals surface area contributed by atoms with E-state index in [2.05, 4.69) is 9.47 Å². The Bertz CT molecular complexity index is 366. The monoisotopic (exact) mass is 212 g/mol. The smallest absolute Gasteiger partial charge is 0.340 e. The Kier molecular flexibility index (Phi) is 3.38. The SMILES string of the molecule is COC(=O)c1cccc(C(=O)OC)c1F. The molecule has 0 fully saturated rings. The van der Waals surface area contributed by atoms with Crippen molar-refractivity contribution in [3.05, 3.63) is 35.1 Å². The minimum Gasteiger partial charge on any atom is -0.465 e. The van der Waals surface area contributed by atoms with Crippen molar-refractivity contribution in [1.82, 2.24) is 0 Å². The number of carbonyl (C=O) groups is 2. The first-order chi connectivity index (χ1) is 7.11. The lowest BCUT2D eigenvalue weighted by Crippen LogP contribution is -2.10. The Morgan fingerprint density at radius 3 is 1.80 bits per heavy atom. The highest BCUT2D eigenvalue weighted by Gasteiger charge is 2.19. The highest BCUT2D eigenvalue weighted by molar-refractivity contribution is 5.95. The van der Waals surface area contributed by atoms with Crippen LogP contribution in [-0.2, 0) is 9.47 Å². The van der Waals surface area contributed by atoms with Crippen molar-refractivity contribution in [2.24, 2.45) is 0 Å². The van der Waals surface area contributed by atoms with Crippen LogP contribution in [0.25, 0.3) is 0 Å². The van der Waals surface area contributed by atoms with Gasteiger partial charge in [0.1, 0.15) is 0 Å². The average molecular weight is 212 g/mol.